The molecule has 0 spiro atoms. The Balaban J connectivity index is 0.930. The molecule has 0 aliphatic carbocycles. The van der Waals surface area contributed by atoms with Crippen LogP contribution >= 0.6 is 23.4 Å². The number of hydrogen-bond acceptors (Lipinski definition) is 9. The highest BCUT2D eigenvalue weighted by molar-refractivity contribution is 8.08. The van der Waals surface area contributed by atoms with Crippen LogP contribution in [0.15, 0.2) is 53.0 Å². The second-order valence-electron chi connectivity index (χ2n) is 13.5. The smallest absolute Gasteiger partial charge is 0.255 e. The summed E-state index contributed by atoms with van der Waals surface area (Å²) in [6, 6.07) is 12.1. The number of aryl methyl sites for hydroxylation is 1. The van der Waals surface area contributed by atoms with Crippen molar-refractivity contribution >= 4 is 63.4 Å². The van der Waals surface area contributed by atoms with Crippen molar-refractivity contribution in [1.29, 1.82) is 0 Å². The third kappa shape index (κ3) is 6.93. The number of aromatic nitrogens is 3. The highest BCUT2D eigenvalue weighted by atomic mass is 35.5. The van der Waals surface area contributed by atoms with Gasteiger partial charge in [-0.2, -0.15) is 0 Å². The number of unbranched alkanes of at least 4 members (excludes halogenated alkanes) is 2. The molecule has 2 aromatic carbocycles. The van der Waals surface area contributed by atoms with Gasteiger partial charge in [-0.25, -0.2) is 0 Å². The number of anilines is 1. The van der Waals surface area contributed by atoms with Gasteiger partial charge in [-0.1, -0.05) is 43.6 Å². The lowest BCUT2D eigenvalue weighted by Crippen LogP contribution is -2.52. The highest BCUT2D eigenvalue weighted by Gasteiger charge is 2.41. The van der Waals surface area contributed by atoms with E-state index in [1.54, 1.807) is 22.7 Å². The van der Waals surface area contributed by atoms with Crippen LogP contribution < -0.4 is 16.0 Å². The molecule has 5 heterocycles. The van der Waals surface area contributed by atoms with E-state index in [1.165, 1.54) is 0 Å². The largest absolute Gasteiger partial charge is 0.385 e. The van der Waals surface area contributed by atoms with Crippen molar-refractivity contribution in [3.8, 4) is 0 Å². The number of piperidine rings is 1. The maximum Gasteiger partial charge on any atom is 0.255 e. The molecule has 0 bridgehead atoms. The van der Waals surface area contributed by atoms with Gasteiger partial charge in [-0.3, -0.25) is 34.1 Å². The molecule has 4 atom stereocenters. The maximum absolute atomic E-state index is 13.3. The van der Waals surface area contributed by atoms with E-state index in [-0.39, 0.29) is 36.5 Å². The first-order chi connectivity index (χ1) is 24.6. The molecule has 1 aromatic heterocycles. The standard InChI is InChI=1S/C37H41ClN8O4S/c1-20-21(2)51-37-32(20)33(23-10-12-24(38)13-11-23)41-28(34-44-43-22(3)46(34)37)18-31(48)40-17-6-4-5-16-39-27-9-7-8-25-26(27)19-45(36(25)50)29-14-15-30(47)42-35(29)49/h7-13,20-21,28-29,39H,4-6,14-19H2,1-3H3,(H,40,48)(H,42,47,49)/t20?,21?,28-,29?/m0/s1. The van der Waals surface area contributed by atoms with E-state index in [1.807, 2.05) is 43.3 Å². The zero-order valence-electron chi connectivity index (χ0n) is 28.9. The lowest BCUT2D eigenvalue weighted by Gasteiger charge is -2.29. The van der Waals surface area contributed by atoms with Crippen molar-refractivity contribution in [3.63, 3.8) is 0 Å². The van der Waals surface area contributed by atoms with Gasteiger partial charge in [-0.05, 0) is 62.8 Å². The number of hydrogen-bond donors (Lipinski definition) is 3. The number of carbonyl (C=O) groups excluding carboxylic acids is 4. The first kappa shape index (κ1) is 34.9. The SMILES string of the molecule is Cc1nnc2n1C1=C(C(c3ccc(Cl)cc3)=N[C@H]2CC(=O)NCCCCCNc2cccc3c2CN(C2CCC(=O)NC2=O)C3=O)C(C)C(C)S1. The molecule has 3 unspecified atom stereocenters. The molecule has 12 nitrogen and oxygen atoms in total. The summed E-state index contributed by atoms with van der Waals surface area (Å²) >= 11 is 8.03. The van der Waals surface area contributed by atoms with Crippen LogP contribution in [-0.4, -0.2) is 73.4 Å². The number of allylic oxidation sites excluding steroid dienone is 1. The Morgan fingerprint density at radius 3 is 2.61 bits per heavy atom. The summed E-state index contributed by atoms with van der Waals surface area (Å²) in [5.41, 5.74) is 5.31. The Kier molecular flexibility index (Phi) is 10.0. The van der Waals surface area contributed by atoms with Crippen molar-refractivity contribution in [2.24, 2.45) is 10.9 Å². The van der Waals surface area contributed by atoms with Gasteiger partial charge in [0.1, 0.15) is 17.9 Å². The Bertz CT molecular complexity index is 1960. The molecule has 0 radical (unpaired) electrons. The molecular formula is C37H41ClN8O4S. The van der Waals surface area contributed by atoms with Crippen molar-refractivity contribution < 1.29 is 19.2 Å². The number of rotatable bonds is 11. The van der Waals surface area contributed by atoms with E-state index < -0.39 is 18.0 Å². The number of nitrogens with one attached hydrogen (secondary N) is 3. The number of thioether (sulfide) groups is 1. The molecule has 0 saturated carbocycles. The topological polar surface area (TPSA) is 151 Å². The van der Waals surface area contributed by atoms with Crippen LogP contribution in [0, 0.1) is 12.8 Å². The van der Waals surface area contributed by atoms with E-state index in [9.17, 15) is 19.2 Å². The summed E-state index contributed by atoms with van der Waals surface area (Å²) in [6.45, 7) is 7.95. The summed E-state index contributed by atoms with van der Waals surface area (Å²) in [6.07, 6.45) is 3.28. The Labute approximate surface area is 305 Å². The van der Waals surface area contributed by atoms with E-state index in [0.717, 1.165) is 58.2 Å². The van der Waals surface area contributed by atoms with Crippen LogP contribution in [0.25, 0.3) is 5.03 Å². The summed E-state index contributed by atoms with van der Waals surface area (Å²) < 4.78 is 2.09. The van der Waals surface area contributed by atoms with Gasteiger partial charge in [0, 0.05) is 64.3 Å². The fourth-order valence-corrected chi connectivity index (χ4v) is 8.80. The molecule has 7 rings (SSSR count). The van der Waals surface area contributed by atoms with Gasteiger partial charge in [0.15, 0.2) is 5.82 Å². The molecule has 266 valence electrons. The maximum atomic E-state index is 13.3. The van der Waals surface area contributed by atoms with Crippen molar-refractivity contribution in [1.82, 2.24) is 30.3 Å². The summed E-state index contributed by atoms with van der Waals surface area (Å²) in [5.74, 6) is 0.697. The quantitative estimate of drug-likeness (QED) is 0.179. The van der Waals surface area contributed by atoms with Crippen LogP contribution in [0.1, 0.15) is 91.5 Å². The van der Waals surface area contributed by atoms with Crippen molar-refractivity contribution in [2.45, 2.75) is 83.2 Å². The molecule has 4 aliphatic rings. The van der Waals surface area contributed by atoms with Crippen LogP contribution in [-0.2, 0) is 20.9 Å². The minimum absolute atomic E-state index is 0.0919. The van der Waals surface area contributed by atoms with Crippen LogP contribution in [0.2, 0.25) is 5.02 Å². The van der Waals surface area contributed by atoms with E-state index >= 15 is 0 Å². The first-order valence-corrected chi connectivity index (χ1v) is 18.8. The summed E-state index contributed by atoms with van der Waals surface area (Å²) in [4.78, 5) is 57.2. The fraction of sp³-hybridized carbons (Fsp3) is 0.432. The second kappa shape index (κ2) is 14.6. The van der Waals surface area contributed by atoms with Crippen LogP contribution in [0.4, 0.5) is 5.69 Å². The minimum atomic E-state index is -0.642. The first-order valence-electron chi connectivity index (χ1n) is 17.5. The van der Waals surface area contributed by atoms with Gasteiger partial charge in [-0.15, -0.1) is 22.0 Å². The fourth-order valence-electron chi connectivity index (χ4n) is 7.24. The molecule has 51 heavy (non-hydrogen) atoms. The van der Waals surface area contributed by atoms with Crippen LogP contribution in [0.5, 0.6) is 0 Å². The molecule has 4 amide bonds. The number of benzene rings is 2. The van der Waals surface area contributed by atoms with Gasteiger partial charge in [0.05, 0.1) is 17.2 Å². The van der Waals surface area contributed by atoms with Gasteiger partial charge in [0.25, 0.3) is 5.91 Å². The Hall–Kier alpha value is -4.49. The number of imide groups is 1. The monoisotopic (exact) mass is 728 g/mol. The average Bonchev–Trinajstić information content (AvgIpc) is 3.72. The van der Waals surface area contributed by atoms with Gasteiger partial charge >= 0.3 is 0 Å². The van der Waals surface area contributed by atoms with E-state index in [0.29, 0.717) is 47.7 Å². The van der Waals surface area contributed by atoms with Gasteiger partial charge in [0.2, 0.25) is 17.7 Å². The third-order valence-corrected chi connectivity index (χ3v) is 11.8. The molecule has 1 saturated heterocycles. The highest BCUT2D eigenvalue weighted by Crippen LogP contribution is 2.49. The number of aliphatic imine (C=N–C) groups is 1. The predicted octanol–water partition coefficient (Wildman–Crippen LogP) is 5.27. The minimum Gasteiger partial charge on any atom is -0.385 e. The number of nitrogens with zero attached hydrogens (tertiary/aromatic N) is 5. The number of amides is 4. The zero-order chi connectivity index (χ0) is 35.8. The molecule has 4 aliphatic heterocycles. The number of halogens is 1. The summed E-state index contributed by atoms with van der Waals surface area (Å²) in [7, 11) is 0. The predicted molar refractivity (Wildman–Crippen MR) is 197 cm³/mol. The van der Waals surface area contributed by atoms with E-state index in [2.05, 4.69) is 44.6 Å². The lowest BCUT2D eigenvalue weighted by molar-refractivity contribution is -0.137. The van der Waals surface area contributed by atoms with Crippen molar-refractivity contribution in [3.05, 3.63) is 81.4 Å². The van der Waals surface area contributed by atoms with Gasteiger partial charge < -0.3 is 15.5 Å². The Morgan fingerprint density at radius 1 is 1.04 bits per heavy atom. The molecule has 14 heteroatoms. The third-order valence-electron chi connectivity index (χ3n) is 10.1. The normalized spacial score (nSPS) is 22.6. The second-order valence-corrected chi connectivity index (χ2v) is 15.3. The summed E-state index contributed by atoms with van der Waals surface area (Å²) in [5, 5.41) is 19.9. The Morgan fingerprint density at radius 2 is 1.82 bits per heavy atom. The molecule has 3 aromatic rings. The molecule has 3 N–H and O–H groups in total. The molecule has 1 fully saturated rings. The number of carbonyl (C=O) groups is 4. The van der Waals surface area contributed by atoms with Crippen LogP contribution in [0.3, 0.4) is 0 Å². The lowest BCUT2D eigenvalue weighted by atomic mass is 9.91. The average molecular weight is 729 g/mol. The number of fused-ring (bicyclic) bond motifs is 3. The van der Waals surface area contributed by atoms with Crippen molar-refractivity contribution in [2.75, 3.05) is 18.4 Å². The zero-order valence-corrected chi connectivity index (χ0v) is 30.4. The molecular weight excluding hydrogens is 688 g/mol. The van der Waals surface area contributed by atoms with E-state index in [4.69, 9.17) is 16.6 Å².